The van der Waals surface area contributed by atoms with Crippen LogP contribution < -0.4 is 20.1 Å². The Kier molecular flexibility index (Phi) is 7.90. The third-order valence-electron chi connectivity index (χ3n) is 4.71. The van der Waals surface area contributed by atoms with Gasteiger partial charge >= 0.3 is 0 Å². The first-order chi connectivity index (χ1) is 14.6. The lowest BCUT2D eigenvalue weighted by Gasteiger charge is -2.21. The molecule has 1 aliphatic rings. The van der Waals surface area contributed by atoms with E-state index >= 15 is 0 Å². The summed E-state index contributed by atoms with van der Waals surface area (Å²) in [5.41, 5.74) is 3.77. The molecule has 0 unspecified atom stereocenters. The fraction of sp³-hybridized carbons (Fsp3) is 0.435. The van der Waals surface area contributed by atoms with Gasteiger partial charge in [-0.25, -0.2) is 9.38 Å². The Morgan fingerprint density at radius 1 is 1.17 bits per heavy atom. The van der Waals surface area contributed by atoms with Crippen LogP contribution in [0.3, 0.4) is 0 Å². The lowest BCUT2D eigenvalue weighted by Crippen LogP contribution is -2.38. The van der Waals surface area contributed by atoms with Crippen molar-refractivity contribution in [3.8, 4) is 11.5 Å². The number of benzene rings is 2. The molecule has 0 amide bonds. The van der Waals surface area contributed by atoms with Crippen molar-refractivity contribution in [2.75, 3.05) is 26.5 Å². The molecule has 0 aromatic heterocycles. The van der Waals surface area contributed by atoms with E-state index in [-0.39, 0.29) is 12.6 Å². The third-order valence-corrected chi connectivity index (χ3v) is 4.71. The molecule has 0 aliphatic carbocycles. The molecular weight excluding hydrogens is 385 g/mol. The molecule has 7 heteroatoms. The standard InChI is InChI=1S/C23H30FN3O3/c1-4-25-23(27-13-18-7-6-16(3)10-21(18)29-5-2)26-9-8-17-11-20(24)12-19-14-28-15-30-22(17)19/h6-7,10-12H,4-5,8-9,13-15H2,1-3H3,(H2,25,26,27). The second-order valence-corrected chi connectivity index (χ2v) is 7.08. The molecular formula is C23H30FN3O3. The summed E-state index contributed by atoms with van der Waals surface area (Å²) in [5, 5.41) is 6.57. The van der Waals surface area contributed by atoms with Crippen LogP contribution >= 0.6 is 0 Å². The predicted molar refractivity (Wildman–Crippen MR) is 116 cm³/mol. The summed E-state index contributed by atoms with van der Waals surface area (Å²) >= 11 is 0. The molecule has 0 saturated carbocycles. The summed E-state index contributed by atoms with van der Waals surface area (Å²) in [7, 11) is 0. The van der Waals surface area contributed by atoms with Crippen molar-refractivity contribution in [2.24, 2.45) is 4.99 Å². The number of aryl methyl sites for hydroxylation is 1. The predicted octanol–water partition coefficient (Wildman–Crippen LogP) is 3.70. The van der Waals surface area contributed by atoms with Crippen molar-refractivity contribution in [2.45, 2.75) is 40.3 Å². The van der Waals surface area contributed by atoms with Gasteiger partial charge in [-0.15, -0.1) is 0 Å². The Bertz CT molecular complexity index is 886. The van der Waals surface area contributed by atoms with Gasteiger partial charge in [0, 0.05) is 24.2 Å². The molecule has 3 rings (SSSR count). The Morgan fingerprint density at radius 3 is 2.83 bits per heavy atom. The van der Waals surface area contributed by atoms with Crippen LogP contribution in [0.15, 0.2) is 35.3 Å². The van der Waals surface area contributed by atoms with E-state index in [1.807, 2.05) is 32.9 Å². The van der Waals surface area contributed by atoms with Gasteiger partial charge in [0.15, 0.2) is 12.8 Å². The lowest BCUT2D eigenvalue weighted by atomic mass is 10.1. The molecule has 1 heterocycles. The minimum absolute atomic E-state index is 0.196. The summed E-state index contributed by atoms with van der Waals surface area (Å²) < 4.78 is 30.5. The molecule has 2 N–H and O–H groups in total. The minimum atomic E-state index is -0.277. The number of rotatable bonds is 8. The fourth-order valence-corrected chi connectivity index (χ4v) is 3.35. The van der Waals surface area contributed by atoms with Crippen molar-refractivity contribution in [1.82, 2.24) is 10.6 Å². The maximum Gasteiger partial charge on any atom is 0.191 e. The van der Waals surface area contributed by atoms with Crippen LogP contribution in [-0.2, 0) is 24.3 Å². The Morgan fingerprint density at radius 2 is 2.03 bits per heavy atom. The molecule has 1 aliphatic heterocycles. The Labute approximate surface area is 177 Å². The van der Waals surface area contributed by atoms with Crippen LogP contribution in [-0.4, -0.2) is 32.4 Å². The zero-order chi connectivity index (χ0) is 21.3. The normalized spacial score (nSPS) is 13.4. The molecule has 2 aromatic carbocycles. The van der Waals surface area contributed by atoms with Crippen LogP contribution in [0.25, 0.3) is 0 Å². The van der Waals surface area contributed by atoms with Gasteiger partial charge in [-0.3, -0.25) is 0 Å². The third kappa shape index (κ3) is 5.86. The van der Waals surface area contributed by atoms with E-state index in [0.717, 1.165) is 40.3 Å². The van der Waals surface area contributed by atoms with E-state index in [4.69, 9.17) is 14.2 Å². The van der Waals surface area contributed by atoms with E-state index in [0.29, 0.717) is 38.7 Å². The molecule has 2 aromatic rings. The van der Waals surface area contributed by atoms with E-state index in [1.54, 1.807) is 0 Å². The van der Waals surface area contributed by atoms with Gasteiger partial charge in [0.1, 0.15) is 17.3 Å². The zero-order valence-electron chi connectivity index (χ0n) is 17.9. The van der Waals surface area contributed by atoms with Crippen molar-refractivity contribution in [3.63, 3.8) is 0 Å². The van der Waals surface area contributed by atoms with Gasteiger partial charge in [0.05, 0.1) is 19.8 Å². The highest BCUT2D eigenvalue weighted by Gasteiger charge is 2.16. The molecule has 0 saturated heterocycles. The topological polar surface area (TPSA) is 64.1 Å². The van der Waals surface area contributed by atoms with Gasteiger partial charge in [0.2, 0.25) is 0 Å². The number of halogens is 1. The van der Waals surface area contributed by atoms with Crippen LogP contribution in [0.1, 0.15) is 36.1 Å². The maximum atomic E-state index is 13.9. The average molecular weight is 416 g/mol. The summed E-state index contributed by atoms with van der Waals surface area (Å²) in [6.45, 7) is 9.06. The number of nitrogens with one attached hydrogen (secondary N) is 2. The smallest absolute Gasteiger partial charge is 0.191 e. The van der Waals surface area contributed by atoms with Crippen molar-refractivity contribution in [1.29, 1.82) is 0 Å². The first kappa shape index (κ1) is 21.9. The van der Waals surface area contributed by atoms with Crippen LogP contribution in [0, 0.1) is 12.7 Å². The molecule has 0 radical (unpaired) electrons. The number of hydrogen-bond donors (Lipinski definition) is 2. The molecule has 0 bridgehead atoms. The summed E-state index contributed by atoms with van der Waals surface area (Å²) in [4.78, 5) is 4.68. The summed E-state index contributed by atoms with van der Waals surface area (Å²) in [5.74, 6) is 2.02. The van der Waals surface area contributed by atoms with Crippen LogP contribution in [0.2, 0.25) is 0 Å². The maximum absolute atomic E-state index is 13.9. The van der Waals surface area contributed by atoms with Crippen LogP contribution in [0.5, 0.6) is 11.5 Å². The SMILES string of the molecule is CCNC(=NCc1ccc(C)cc1OCC)NCCc1cc(F)cc2c1OCOC2. The molecule has 0 fully saturated rings. The van der Waals surface area contributed by atoms with Gasteiger partial charge in [-0.1, -0.05) is 12.1 Å². The monoisotopic (exact) mass is 415 g/mol. The zero-order valence-corrected chi connectivity index (χ0v) is 17.9. The number of fused-ring (bicyclic) bond motifs is 1. The highest BCUT2D eigenvalue weighted by molar-refractivity contribution is 5.79. The number of aliphatic imine (C=N–C) groups is 1. The van der Waals surface area contributed by atoms with Gasteiger partial charge < -0.3 is 24.8 Å². The molecule has 0 spiro atoms. The van der Waals surface area contributed by atoms with Crippen molar-refractivity contribution < 1.29 is 18.6 Å². The first-order valence-electron chi connectivity index (χ1n) is 10.4. The van der Waals surface area contributed by atoms with Crippen molar-refractivity contribution >= 4 is 5.96 Å². The van der Waals surface area contributed by atoms with Gasteiger partial charge in [-0.05, 0) is 56.5 Å². The van der Waals surface area contributed by atoms with Crippen LogP contribution in [0.4, 0.5) is 4.39 Å². The average Bonchev–Trinajstić information content (AvgIpc) is 2.73. The molecule has 6 nitrogen and oxygen atoms in total. The van der Waals surface area contributed by atoms with E-state index in [2.05, 4.69) is 21.7 Å². The van der Waals surface area contributed by atoms with E-state index in [9.17, 15) is 4.39 Å². The van der Waals surface area contributed by atoms with E-state index in [1.165, 1.54) is 12.1 Å². The second kappa shape index (κ2) is 10.8. The molecule has 162 valence electrons. The number of hydrogen-bond acceptors (Lipinski definition) is 4. The Balaban J connectivity index is 1.65. The van der Waals surface area contributed by atoms with E-state index < -0.39 is 0 Å². The highest BCUT2D eigenvalue weighted by Crippen LogP contribution is 2.29. The minimum Gasteiger partial charge on any atom is -0.494 e. The number of guanidine groups is 1. The highest BCUT2D eigenvalue weighted by atomic mass is 19.1. The fourth-order valence-electron chi connectivity index (χ4n) is 3.35. The summed E-state index contributed by atoms with van der Waals surface area (Å²) in [6, 6.07) is 9.13. The van der Waals surface area contributed by atoms with Gasteiger partial charge in [-0.2, -0.15) is 0 Å². The summed E-state index contributed by atoms with van der Waals surface area (Å²) in [6.07, 6.45) is 0.610. The number of nitrogens with zero attached hydrogens (tertiary/aromatic N) is 1. The van der Waals surface area contributed by atoms with Crippen molar-refractivity contribution in [3.05, 3.63) is 58.4 Å². The quantitative estimate of drug-likeness (QED) is 0.509. The second-order valence-electron chi connectivity index (χ2n) is 7.08. The Hall–Kier alpha value is -2.80. The van der Waals surface area contributed by atoms with Gasteiger partial charge in [0.25, 0.3) is 0 Å². The number of ether oxygens (including phenoxy) is 3. The largest absolute Gasteiger partial charge is 0.494 e. The first-order valence-corrected chi connectivity index (χ1v) is 10.4. The molecule has 0 atom stereocenters. The lowest BCUT2D eigenvalue weighted by molar-refractivity contribution is -0.0172. The molecule has 30 heavy (non-hydrogen) atoms.